The van der Waals surface area contributed by atoms with Crippen LogP contribution in [0.1, 0.15) is 19.4 Å². The minimum Gasteiger partial charge on any atom is -0.497 e. The second-order valence-electron chi connectivity index (χ2n) is 6.11. The van der Waals surface area contributed by atoms with Crippen LogP contribution in [0.3, 0.4) is 0 Å². The predicted octanol–water partition coefficient (Wildman–Crippen LogP) is 4.67. The van der Waals surface area contributed by atoms with Crippen LogP contribution in [0, 0.1) is 0 Å². The molecular weight excluding hydrogens is 368 g/mol. The van der Waals surface area contributed by atoms with E-state index in [1.54, 1.807) is 14.2 Å². The number of aromatic nitrogens is 2. The molecule has 0 aliphatic carbocycles. The molecule has 7 heteroatoms. The van der Waals surface area contributed by atoms with Gasteiger partial charge in [-0.2, -0.15) is 9.97 Å². The number of ether oxygens (including phenoxy) is 4. The van der Waals surface area contributed by atoms with E-state index in [4.69, 9.17) is 30.5 Å². The summed E-state index contributed by atoms with van der Waals surface area (Å²) in [7, 11) is 3.23. The van der Waals surface area contributed by atoms with Gasteiger partial charge in [0.05, 0.1) is 25.8 Å². The van der Waals surface area contributed by atoms with E-state index in [0.717, 1.165) is 16.7 Å². The van der Waals surface area contributed by atoms with Crippen molar-refractivity contribution in [3.05, 3.63) is 47.1 Å². The van der Waals surface area contributed by atoms with E-state index in [9.17, 15) is 0 Å². The molecule has 27 heavy (non-hydrogen) atoms. The standard InChI is InChI=1S/C20H21ClN2O4/c1-12(2)27-20-22-17-9-15(7-8-16(17)19(21)23-20)26-11-13-5-6-14(24-3)10-18(13)25-4/h5-10,12H,11H2,1-4H3. The minimum absolute atomic E-state index is 0.0412. The molecule has 3 rings (SSSR count). The molecule has 0 radical (unpaired) electrons. The SMILES string of the molecule is COc1ccc(COc2ccc3c(Cl)nc(OC(C)C)nc3c2)c(OC)c1. The highest BCUT2D eigenvalue weighted by molar-refractivity contribution is 6.34. The normalized spacial score (nSPS) is 10.9. The van der Waals surface area contributed by atoms with Crippen LogP contribution in [0.25, 0.3) is 10.9 Å². The van der Waals surface area contributed by atoms with E-state index in [1.165, 1.54) is 0 Å². The zero-order valence-electron chi connectivity index (χ0n) is 15.7. The maximum Gasteiger partial charge on any atom is 0.318 e. The summed E-state index contributed by atoms with van der Waals surface area (Å²) < 4.78 is 22.1. The maximum absolute atomic E-state index is 6.24. The Bertz CT molecular complexity index is 947. The molecule has 0 spiro atoms. The summed E-state index contributed by atoms with van der Waals surface area (Å²) in [6, 6.07) is 11.3. The quantitative estimate of drug-likeness (QED) is 0.548. The first-order valence-corrected chi connectivity index (χ1v) is 8.85. The van der Waals surface area contributed by atoms with Crippen LogP contribution in [0.15, 0.2) is 36.4 Å². The van der Waals surface area contributed by atoms with Crippen LogP contribution in [0.5, 0.6) is 23.3 Å². The van der Waals surface area contributed by atoms with Gasteiger partial charge in [-0.25, -0.2) is 0 Å². The Labute approximate surface area is 163 Å². The maximum atomic E-state index is 6.24. The molecular formula is C20H21ClN2O4. The molecule has 0 fully saturated rings. The lowest BCUT2D eigenvalue weighted by Gasteiger charge is -2.13. The topological polar surface area (TPSA) is 62.7 Å². The van der Waals surface area contributed by atoms with Crippen molar-refractivity contribution in [1.29, 1.82) is 0 Å². The Kier molecular flexibility index (Phi) is 5.86. The molecule has 0 unspecified atom stereocenters. The van der Waals surface area contributed by atoms with Crippen molar-refractivity contribution in [2.75, 3.05) is 14.2 Å². The fourth-order valence-electron chi connectivity index (χ4n) is 2.54. The summed E-state index contributed by atoms with van der Waals surface area (Å²) in [5.41, 5.74) is 1.56. The molecule has 0 saturated carbocycles. The first-order chi connectivity index (χ1) is 13.0. The summed E-state index contributed by atoms with van der Waals surface area (Å²) in [4.78, 5) is 8.58. The first-order valence-electron chi connectivity index (χ1n) is 8.48. The summed E-state index contributed by atoms with van der Waals surface area (Å²) in [5.74, 6) is 2.09. The highest BCUT2D eigenvalue weighted by atomic mass is 35.5. The van der Waals surface area contributed by atoms with Gasteiger partial charge < -0.3 is 18.9 Å². The second kappa shape index (κ2) is 8.31. The van der Waals surface area contributed by atoms with Crippen LogP contribution >= 0.6 is 11.6 Å². The molecule has 0 N–H and O–H groups in total. The molecule has 142 valence electrons. The average molecular weight is 389 g/mol. The number of halogens is 1. The Morgan fingerprint density at radius 3 is 2.44 bits per heavy atom. The Morgan fingerprint density at radius 2 is 1.74 bits per heavy atom. The van der Waals surface area contributed by atoms with E-state index >= 15 is 0 Å². The Morgan fingerprint density at radius 1 is 0.963 bits per heavy atom. The molecule has 6 nitrogen and oxygen atoms in total. The lowest BCUT2D eigenvalue weighted by molar-refractivity contribution is 0.223. The number of fused-ring (bicyclic) bond motifs is 1. The van der Waals surface area contributed by atoms with E-state index in [2.05, 4.69) is 9.97 Å². The van der Waals surface area contributed by atoms with Gasteiger partial charge in [-0.1, -0.05) is 11.6 Å². The molecule has 2 aromatic carbocycles. The van der Waals surface area contributed by atoms with Crippen LogP contribution in [-0.2, 0) is 6.61 Å². The molecule has 1 aromatic heterocycles. The van der Waals surface area contributed by atoms with Crippen molar-refractivity contribution >= 4 is 22.5 Å². The van der Waals surface area contributed by atoms with Gasteiger partial charge in [0, 0.05) is 23.1 Å². The van der Waals surface area contributed by atoms with Crippen molar-refractivity contribution in [2.45, 2.75) is 26.6 Å². The lowest BCUT2D eigenvalue weighted by Crippen LogP contribution is -2.08. The van der Waals surface area contributed by atoms with Crippen LogP contribution in [0.4, 0.5) is 0 Å². The number of benzene rings is 2. The largest absolute Gasteiger partial charge is 0.497 e. The molecule has 0 saturated heterocycles. The molecule has 0 aliphatic heterocycles. The van der Waals surface area contributed by atoms with Gasteiger partial charge in [-0.05, 0) is 38.1 Å². The van der Waals surface area contributed by atoms with Gasteiger partial charge in [-0.15, -0.1) is 0 Å². The monoisotopic (exact) mass is 388 g/mol. The van der Waals surface area contributed by atoms with Crippen LogP contribution in [0.2, 0.25) is 5.15 Å². The number of methoxy groups -OCH3 is 2. The van der Waals surface area contributed by atoms with E-state index in [1.807, 2.05) is 50.2 Å². The highest BCUT2D eigenvalue weighted by Crippen LogP contribution is 2.29. The smallest absolute Gasteiger partial charge is 0.318 e. The van der Waals surface area contributed by atoms with Gasteiger partial charge in [0.25, 0.3) is 0 Å². The summed E-state index contributed by atoms with van der Waals surface area (Å²) in [5, 5.41) is 1.08. The van der Waals surface area contributed by atoms with Crippen molar-refractivity contribution in [3.8, 4) is 23.3 Å². The number of rotatable bonds is 7. The summed E-state index contributed by atoms with van der Waals surface area (Å²) >= 11 is 6.24. The highest BCUT2D eigenvalue weighted by Gasteiger charge is 2.11. The van der Waals surface area contributed by atoms with Gasteiger partial charge in [0.1, 0.15) is 29.0 Å². The lowest BCUT2D eigenvalue weighted by atomic mass is 10.2. The van der Waals surface area contributed by atoms with Crippen molar-refractivity contribution in [1.82, 2.24) is 9.97 Å². The predicted molar refractivity (Wildman–Crippen MR) is 104 cm³/mol. The van der Waals surface area contributed by atoms with Gasteiger partial charge in [0.2, 0.25) is 0 Å². The number of hydrogen-bond acceptors (Lipinski definition) is 6. The molecule has 1 heterocycles. The van der Waals surface area contributed by atoms with Crippen molar-refractivity contribution < 1.29 is 18.9 Å². The fraction of sp³-hybridized carbons (Fsp3) is 0.300. The van der Waals surface area contributed by atoms with Gasteiger partial charge >= 0.3 is 6.01 Å². The third kappa shape index (κ3) is 4.52. The first kappa shape index (κ1) is 19.0. The molecule has 0 bridgehead atoms. The number of nitrogens with zero attached hydrogens (tertiary/aromatic N) is 2. The molecule has 0 atom stereocenters. The fourth-order valence-corrected chi connectivity index (χ4v) is 2.77. The Balaban J connectivity index is 1.83. The zero-order chi connectivity index (χ0) is 19.4. The summed E-state index contributed by atoms with van der Waals surface area (Å²) in [6.45, 7) is 4.15. The summed E-state index contributed by atoms with van der Waals surface area (Å²) in [6.07, 6.45) is -0.0412. The Hall–Kier alpha value is -2.73. The second-order valence-corrected chi connectivity index (χ2v) is 6.47. The van der Waals surface area contributed by atoms with E-state index < -0.39 is 0 Å². The van der Waals surface area contributed by atoms with E-state index in [0.29, 0.717) is 28.8 Å². The zero-order valence-corrected chi connectivity index (χ0v) is 16.4. The van der Waals surface area contributed by atoms with Crippen molar-refractivity contribution in [3.63, 3.8) is 0 Å². The number of hydrogen-bond donors (Lipinski definition) is 0. The molecule has 0 aliphatic rings. The molecule has 3 aromatic rings. The third-order valence-corrected chi connectivity index (χ3v) is 4.12. The minimum atomic E-state index is -0.0412. The van der Waals surface area contributed by atoms with Gasteiger partial charge in [-0.3, -0.25) is 0 Å². The molecule has 0 amide bonds. The van der Waals surface area contributed by atoms with Crippen LogP contribution in [-0.4, -0.2) is 30.3 Å². The average Bonchev–Trinajstić information content (AvgIpc) is 2.65. The van der Waals surface area contributed by atoms with Crippen LogP contribution < -0.4 is 18.9 Å². The third-order valence-electron chi connectivity index (χ3n) is 3.83. The van der Waals surface area contributed by atoms with E-state index in [-0.39, 0.29) is 12.1 Å². The van der Waals surface area contributed by atoms with Crippen molar-refractivity contribution in [2.24, 2.45) is 0 Å². The van der Waals surface area contributed by atoms with Gasteiger partial charge in [0.15, 0.2) is 0 Å².